The third kappa shape index (κ3) is 2.97. The molecule has 0 saturated heterocycles. The van der Waals surface area contributed by atoms with Gasteiger partial charge in [0.1, 0.15) is 0 Å². The largest absolute Gasteiger partial charge is 0.243 e. The Hall–Kier alpha value is -1.64. The predicted octanol–water partition coefficient (Wildman–Crippen LogP) is 2.06. The van der Waals surface area contributed by atoms with Crippen LogP contribution < -0.4 is 0 Å². The van der Waals surface area contributed by atoms with Crippen molar-refractivity contribution in [3.8, 4) is 6.07 Å². The smallest absolute Gasteiger partial charge is 0.207 e. The molecule has 0 spiro atoms. The Bertz CT molecular complexity index is 612. The van der Waals surface area contributed by atoms with Crippen molar-refractivity contribution in [1.82, 2.24) is 4.31 Å². The van der Waals surface area contributed by atoms with E-state index in [2.05, 4.69) is 6.58 Å². The fourth-order valence-electron chi connectivity index (χ4n) is 1.57. The maximum Gasteiger partial charge on any atom is 0.243 e. The lowest BCUT2D eigenvalue weighted by molar-refractivity contribution is 0.493. The number of nitrogens with zero attached hydrogens (tertiary/aromatic N) is 2. The van der Waals surface area contributed by atoms with E-state index in [1.807, 2.05) is 6.07 Å². The molecule has 0 atom stereocenters. The average Bonchev–Trinajstić information content (AvgIpc) is 2.27. The Labute approximate surface area is 108 Å². The van der Waals surface area contributed by atoms with E-state index in [1.54, 1.807) is 13.8 Å². The number of hydrogen-bond donors (Lipinski definition) is 0. The molecule has 0 saturated carbocycles. The van der Waals surface area contributed by atoms with Crippen molar-refractivity contribution >= 4 is 10.0 Å². The highest BCUT2D eigenvalue weighted by Gasteiger charge is 2.21. The number of sulfonamides is 1. The second kappa shape index (κ2) is 5.34. The van der Waals surface area contributed by atoms with Crippen LogP contribution in [-0.2, 0) is 10.0 Å². The number of hydrogen-bond acceptors (Lipinski definition) is 3. The van der Waals surface area contributed by atoms with Gasteiger partial charge in [-0.1, -0.05) is 12.2 Å². The fraction of sp³-hybridized carbons (Fsp3) is 0.308. The van der Waals surface area contributed by atoms with Gasteiger partial charge in [-0.05, 0) is 37.6 Å². The predicted molar refractivity (Wildman–Crippen MR) is 70.5 cm³/mol. The zero-order valence-electron chi connectivity index (χ0n) is 10.8. The van der Waals surface area contributed by atoms with Gasteiger partial charge in [0.15, 0.2) is 0 Å². The summed E-state index contributed by atoms with van der Waals surface area (Å²) in [6.45, 7) is 7.47. The van der Waals surface area contributed by atoms with E-state index in [0.29, 0.717) is 11.1 Å². The van der Waals surface area contributed by atoms with E-state index >= 15 is 0 Å². The molecule has 0 unspecified atom stereocenters. The first-order valence-electron chi connectivity index (χ1n) is 5.40. The molecule has 0 fully saturated rings. The van der Waals surface area contributed by atoms with Gasteiger partial charge < -0.3 is 0 Å². The van der Waals surface area contributed by atoms with E-state index in [1.165, 1.54) is 29.6 Å². The van der Waals surface area contributed by atoms with Crippen molar-refractivity contribution in [3.05, 3.63) is 41.5 Å². The third-order valence-electron chi connectivity index (χ3n) is 2.52. The Morgan fingerprint density at radius 1 is 1.50 bits per heavy atom. The number of benzene rings is 1. The average molecular weight is 264 g/mol. The molecule has 0 aliphatic heterocycles. The van der Waals surface area contributed by atoms with Crippen molar-refractivity contribution in [3.63, 3.8) is 0 Å². The lowest BCUT2D eigenvalue weighted by Gasteiger charge is -2.17. The van der Waals surface area contributed by atoms with E-state index in [-0.39, 0.29) is 11.4 Å². The monoisotopic (exact) mass is 264 g/mol. The molecule has 18 heavy (non-hydrogen) atoms. The summed E-state index contributed by atoms with van der Waals surface area (Å²) in [4.78, 5) is 0.197. The van der Waals surface area contributed by atoms with Crippen molar-refractivity contribution in [2.45, 2.75) is 18.7 Å². The molecule has 0 aliphatic rings. The first-order valence-corrected chi connectivity index (χ1v) is 6.84. The number of rotatable bonds is 4. The van der Waals surface area contributed by atoms with Crippen LogP contribution in [-0.4, -0.2) is 26.3 Å². The van der Waals surface area contributed by atoms with Crippen LogP contribution in [0.1, 0.15) is 18.1 Å². The minimum Gasteiger partial charge on any atom is -0.207 e. The van der Waals surface area contributed by atoms with E-state index < -0.39 is 10.0 Å². The number of aryl methyl sites for hydroxylation is 1. The summed E-state index contributed by atoms with van der Waals surface area (Å²) in [6, 6.07) is 6.51. The van der Waals surface area contributed by atoms with Crippen LogP contribution in [0.15, 0.2) is 35.2 Å². The quantitative estimate of drug-likeness (QED) is 0.782. The van der Waals surface area contributed by atoms with Crippen molar-refractivity contribution in [1.29, 1.82) is 5.26 Å². The molecule has 0 bridgehead atoms. The molecule has 0 heterocycles. The summed E-state index contributed by atoms with van der Waals surface area (Å²) in [5, 5.41) is 8.82. The summed E-state index contributed by atoms with van der Waals surface area (Å²) >= 11 is 0. The molecule has 4 nitrogen and oxygen atoms in total. The van der Waals surface area contributed by atoms with Gasteiger partial charge in [-0.25, -0.2) is 8.42 Å². The van der Waals surface area contributed by atoms with E-state index in [0.717, 1.165) is 5.57 Å². The van der Waals surface area contributed by atoms with E-state index in [9.17, 15) is 8.42 Å². The van der Waals surface area contributed by atoms with Gasteiger partial charge >= 0.3 is 0 Å². The first-order chi connectivity index (χ1) is 8.28. The van der Waals surface area contributed by atoms with Gasteiger partial charge in [-0.3, -0.25) is 0 Å². The molecule has 1 aromatic carbocycles. The minimum absolute atomic E-state index is 0.197. The van der Waals surface area contributed by atoms with Crippen molar-refractivity contribution < 1.29 is 8.42 Å². The number of nitriles is 1. The summed E-state index contributed by atoms with van der Waals surface area (Å²) < 4.78 is 25.7. The van der Waals surface area contributed by atoms with Crippen molar-refractivity contribution in [2.75, 3.05) is 13.6 Å². The highest BCUT2D eigenvalue weighted by atomic mass is 32.2. The summed E-state index contributed by atoms with van der Waals surface area (Å²) in [5.74, 6) is 0. The summed E-state index contributed by atoms with van der Waals surface area (Å²) in [6.07, 6.45) is 0. The Balaban J connectivity index is 3.18. The highest BCUT2D eigenvalue weighted by molar-refractivity contribution is 7.89. The molecule has 5 heteroatoms. The Morgan fingerprint density at radius 2 is 2.11 bits per heavy atom. The highest BCUT2D eigenvalue weighted by Crippen LogP contribution is 2.18. The molecule has 0 amide bonds. The fourth-order valence-corrected chi connectivity index (χ4v) is 2.88. The number of likely N-dealkylation sites (N-methyl/N-ethyl adjacent to an activating group) is 1. The molecule has 0 aliphatic carbocycles. The van der Waals surface area contributed by atoms with Gasteiger partial charge in [-0.2, -0.15) is 9.57 Å². The van der Waals surface area contributed by atoms with Crippen LogP contribution in [0.4, 0.5) is 0 Å². The maximum atomic E-state index is 12.2. The molecule has 0 radical (unpaired) electrons. The van der Waals surface area contributed by atoms with Crippen molar-refractivity contribution in [2.24, 2.45) is 0 Å². The van der Waals surface area contributed by atoms with Gasteiger partial charge in [0.25, 0.3) is 0 Å². The third-order valence-corrected chi connectivity index (χ3v) is 4.32. The minimum atomic E-state index is -3.52. The normalized spacial score (nSPS) is 11.3. The Morgan fingerprint density at radius 3 is 2.56 bits per heavy atom. The zero-order chi connectivity index (χ0) is 13.9. The summed E-state index contributed by atoms with van der Waals surface area (Å²) in [7, 11) is -2.01. The second-order valence-electron chi connectivity index (χ2n) is 4.31. The summed E-state index contributed by atoms with van der Waals surface area (Å²) in [5.41, 5.74) is 1.91. The lowest BCUT2D eigenvalue weighted by atomic mass is 10.1. The van der Waals surface area contributed by atoms with Crippen LogP contribution in [0.25, 0.3) is 0 Å². The molecule has 1 rings (SSSR count). The van der Waals surface area contributed by atoms with Crippen LogP contribution in [0.2, 0.25) is 0 Å². The van der Waals surface area contributed by atoms with Crippen LogP contribution in [0.3, 0.4) is 0 Å². The maximum absolute atomic E-state index is 12.2. The van der Waals surface area contributed by atoms with Crippen LogP contribution >= 0.6 is 0 Å². The van der Waals surface area contributed by atoms with Gasteiger partial charge in [0, 0.05) is 13.6 Å². The molecular weight excluding hydrogens is 248 g/mol. The Kier molecular flexibility index (Phi) is 4.28. The second-order valence-corrected chi connectivity index (χ2v) is 6.35. The molecular formula is C13H16N2O2S. The van der Waals surface area contributed by atoms with Gasteiger partial charge in [0.05, 0.1) is 16.5 Å². The SMILES string of the molecule is C=C(C)CN(C)S(=O)(=O)c1ccc(C#N)c(C)c1. The molecule has 0 N–H and O–H groups in total. The standard InChI is InChI=1S/C13H16N2O2S/c1-10(2)9-15(4)18(16,17)13-6-5-12(8-14)11(3)7-13/h5-7H,1,9H2,2-4H3. The molecule has 96 valence electrons. The van der Waals surface area contributed by atoms with Crippen LogP contribution in [0.5, 0.6) is 0 Å². The van der Waals surface area contributed by atoms with Gasteiger partial charge in [0.2, 0.25) is 10.0 Å². The zero-order valence-corrected chi connectivity index (χ0v) is 11.6. The lowest BCUT2D eigenvalue weighted by Crippen LogP contribution is -2.28. The van der Waals surface area contributed by atoms with Crippen LogP contribution in [0, 0.1) is 18.3 Å². The molecule has 0 aromatic heterocycles. The van der Waals surface area contributed by atoms with Gasteiger partial charge in [-0.15, -0.1) is 0 Å². The van der Waals surface area contributed by atoms with E-state index in [4.69, 9.17) is 5.26 Å². The topological polar surface area (TPSA) is 61.2 Å². The first kappa shape index (κ1) is 14.4. The molecule has 1 aromatic rings.